The minimum atomic E-state index is -0.821. The molecule has 21 nitrogen and oxygen atoms in total. The molecule has 0 aliphatic heterocycles. The zero-order valence-corrected chi connectivity index (χ0v) is 38.2. The summed E-state index contributed by atoms with van der Waals surface area (Å²) in [5.74, 6) is -6.21. The fraction of sp³-hybridized carbons (Fsp3) is 0.347. The van der Waals surface area contributed by atoms with Gasteiger partial charge in [-0.2, -0.15) is 0 Å². The molecular formula is C49H52O21. The third-order valence-corrected chi connectivity index (χ3v) is 9.11. The van der Waals surface area contributed by atoms with E-state index in [-0.39, 0.29) is 150 Å². The SMILES string of the molecule is COC(=O)c1ccccc1C(=O)OCCOCCOC(=O)c1ccccc1C(=O)OCCOCCOC(=O)c1ccccc1C(=O)OCCOCCOC(=O)c1ccccc1C(=O)OCCOCCO. The van der Waals surface area contributed by atoms with Crippen molar-refractivity contribution in [1.29, 1.82) is 0 Å². The fourth-order valence-electron chi connectivity index (χ4n) is 5.84. The Bertz CT molecular complexity index is 2360. The zero-order valence-electron chi connectivity index (χ0n) is 38.2. The average Bonchev–Trinajstić information content (AvgIpc) is 3.39. The van der Waals surface area contributed by atoms with Gasteiger partial charge in [0.15, 0.2) is 0 Å². The van der Waals surface area contributed by atoms with Crippen LogP contribution in [0.25, 0.3) is 0 Å². The van der Waals surface area contributed by atoms with Crippen molar-refractivity contribution < 1.29 is 100 Å². The van der Waals surface area contributed by atoms with Crippen molar-refractivity contribution in [2.45, 2.75) is 0 Å². The van der Waals surface area contributed by atoms with E-state index in [1.165, 1.54) is 67.8 Å². The van der Waals surface area contributed by atoms with Crippen LogP contribution in [0.4, 0.5) is 0 Å². The molecule has 0 aromatic heterocycles. The number of methoxy groups -OCH3 is 1. The summed E-state index contributed by atoms with van der Waals surface area (Å²) in [6.07, 6.45) is 0. The summed E-state index contributed by atoms with van der Waals surface area (Å²) >= 11 is 0. The number of ether oxygens (including phenoxy) is 12. The second-order valence-corrected chi connectivity index (χ2v) is 13.8. The van der Waals surface area contributed by atoms with E-state index in [9.17, 15) is 38.4 Å². The minimum Gasteiger partial charge on any atom is -0.465 e. The van der Waals surface area contributed by atoms with Gasteiger partial charge in [0.05, 0.1) is 111 Å². The first-order chi connectivity index (χ1) is 34.1. The van der Waals surface area contributed by atoms with Crippen LogP contribution >= 0.6 is 0 Å². The lowest BCUT2D eigenvalue weighted by Crippen LogP contribution is -2.19. The molecule has 374 valence electrons. The quantitative estimate of drug-likeness (QED) is 0.0427. The van der Waals surface area contributed by atoms with Gasteiger partial charge in [0.2, 0.25) is 0 Å². The molecule has 0 aliphatic rings. The molecule has 0 heterocycles. The second kappa shape index (κ2) is 31.5. The van der Waals surface area contributed by atoms with Crippen molar-refractivity contribution in [2.24, 2.45) is 0 Å². The molecule has 21 heteroatoms. The standard InChI is InChI=1S/C49H52O21/c1-59-42(51)34-10-2-3-11-35(34)43(52)65-28-21-61-22-29-67-46(55)38-14-6-7-15-39(38)47(56)69-32-25-63-26-33-70-49(58)41-17-9-8-16-40(41)48(57)68-31-24-62-23-30-66-45(54)37-13-5-4-12-36(37)44(53)64-27-20-60-19-18-50/h2-17,50H,18-33H2,1H3. The molecule has 70 heavy (non-hydrogen) atoms. The van der Waals surface area contributed by atoms with Gasteiger partial charge < -0.3 is 61.9 Å². The van der Waals surface area contributed by atoms with Gasteiger partial charge in [-0.15, -0.1) is 0 Å². The highest BCUT2D eigenvalue weighted by molar-refractivity contribution is 6.05. The second-order valence-electron chi connectivity index (χ2n) is 13.8. The van der Waals surface area contributed by atoms with Gasteiger partial charge in [-0.25, -0.2) is 38.4 Å². The fourth-order valence-corrected chi connectivity index (χ4v) is 5.84. The zero-order chi connectivity index (χ0) is 50.4. The number of hydrogen-bond acceptors (Lipinski definition) is 21. The van der Waals surface area contributed by atoms with Gasteiger partial charge in [-0.1, -0.05) is 48.5 Å². The minimum absolute atomic E-state index is 0.00253. The van der Waals surface area contributed by atoms with Crippen molar-refractivity contribution in [3.05, 3.63) is 142 Å². The van der Waals surface area contributed by atoms with Crippen LogP contribution in [0.15, 0.2) is 97.1 Å². The maximum Gasteiger partial charge on any atom is 0.339 e. The molecule has 4 aromatic carbocycles. The summed E-state index contributed by atoms with van der Waals surface area (Å²) in [6.45, 7) is -1.52. The molecule has 4 rings (SSSR count). The predicted molar refractivity (Wildman–Crippen MR) is 239 cm³/mol. The molecule has 0 saturated carbocycles. The number of carbonyl (C=O) groups excluding carboxylic acids is 8. The van der Waals surface area contributed by atoms with Crippen LogP contribution in [-0.4, -0.2) is 166 Å². The van der Waals surface area contributed by atoms with E-state index in [1.54, 1.807) is 36.4 Å². The van der Waals surface area contributed by atoms with Crippen LogP contribution in [0.2, 0.25) is 0 Å². The number of benzene rings is 4. The van der Waals surface area contributed by atoms with Gasteiger partial charge in [0.25, 0.3) is 0 Å². The summed E-state index contributed by atoms with van der Waals surface area (Å²) in [5.41, 5.74) is -0.118. The van der Waals surface area contributed by atoms with Crippen molar-refractivity contribution in [1.82, 2.24) is 0 Å². The Hall–Kier alpha value is -7.56. The van der Waals surface area contributed by atoms with Gasteiger partial charge in [0.1, 0.15) is 46.2 Å². The van der Waals surface area contributed by atoms with Gasteiger partial charge in [0, 0.05) is 0 Å². The number of aliphatic hydroxyl groups excluding tert-OH is 1. The number of aliphatic hydroxyl groups is 1. The van der Waals surface area contributed by atoms with Crippen LogP contribution < -0.4 is 0 Å². The van der Waals surface area contributed by atoms with E-state index in [0.717, 1.165) is 0 Å². The Balaban J connectivity index is 1.06. The largest absolute Gasteiger partial charge is 0.465 e. The van der Waals surface area contributed by atoms with E-state index in [4.69, 9.17) is 57.2 Å². The molecule has 1 N–H and O–H groups in total. The predicted octanol–water partition coefficient (Wildman–Crippen LogP) is 3.73. The van der Waals surface area contributed by atoms with E-state index in [0.29, 0.717) is 0 Å². The maximum atomic E-state index is 12.8. The highest BCUT2D eigenvalue weighted by Gasteiger charge is 2.22. The van der Waals surface area contributed by atoms with Gasteiger partial charge in [-0.3, -0.25) is 0 Å². The molecule has 0 spiro atoms. The van der Waals surface area contributed by atoms with Crippen molar-refractivity contribution in [3.8, 4) is 0 Å². The number of rotatable bonds is 31. The van der Waals surface area contributed by atoms with Gasteiger partial charge in [-0.05, 0) is 48.5 Å². The summed E-state index contributed by atoms with van der Waals surface area (Å²) in [6, 6.07) is 23.7. The molecule has 0 saturated heterocycles. The Morgan fingerprint density at radius 3 is 0.629 bits per heavy atom. The topological polar surface area (TPSA) is 268 Å². The number of esters is 8. The average molecular weight is 977 g/mol. The van der Waals surface area contributed by atoms with Crippen LogP contribution in [0.3, 0.4) is 0 Å². The maximum absolute atomic E-state index is 12.8. The summed E-state index contributed by atoms with van der Waals surface area (Å²) in [5, 5.41) is 8.75. The smallest absolute Gasteiger partial charge is 0.339 e. The van der Waals surface area contributed by atoms with Crippen LogP contribution in [0.5, 0.6) is 0 Å². The third kappa shape index (κ3) is 18.5. The highest BCUT2D eigenvalue weighted by Crippen LogP contribution is 2.16. The molecule has 0 amide bonds. The Labute approximate surface area is 401 Å². The molecule has 0 atom stereocenters. The van der Waals surface area contributed by atoms with E-state index < -0.39 is 47.8 Å². The molecule has 0 fully saturated rings. The number of hydrogen-bond donors (Lipinski definition) is 1. The lowest BCUT2D eigenvalue weighted by Gasteiger charge is -2.11. The molecule has 0 unspecified atom stereocenters. The van der Waals surface area contributed by atoms with Crippen molar-refractivity contribution >= 4 is 47.8 Å². The lowest BCUT2D eigenvalue weighted by atomic mass is 10.1. The van der Waals surface area contributed by atoms with Crippen LogP contribution in [0.1, 0.15) is 82.9 Å². The summed E-state index contributed by atoms with van der Waals surface area (Å²) in [4.78, 5) is 101. The first-order valence-corrected chi connectivity index (χ1v) is 21.6. The van der Waals surface area contributed by atoms with Crippen molar-refractivity contribution in [2.75, 3.05) is 113 Å². The van der Waals surface area contributed by atoms with E-state index in [1.807, 2.05) is 0 Å². The summed E-state index contributed by atoms with van der Waals surface area (Å²) < 4.78 is 62.3. The molecular weight excluding hydrogens is 925 g/mol. The van der Waals surface area contributed by atoms with Crippen LogP contribution in [0, 0.1) is 0 Å². The highest BCUT2D eigenvalue weighted by atomic mass is 16.6. The first kappa shape index (κ1) is 55.0. The third-order valence-electron chi connectivity index (χ3n) is 9.11. The Morgan fingerprint density at radius 1 is 0.286 bits per heavy atom. The van der Waals surface area contributed by atoms with Crippen LogP contribution in [-0.2, 0) is 56.8 Å². The normalized spacial score (nSPS) is 10.6. The van der Waals surface area contributed by atoms with E-state index >= 15 is 0 Å². The Kier molecular flexibility index (Phi) is 24.8. The number of carbonyl (C=O) groups is 8. The van der Waals surface area contributed by atoms with Gasteiger partial charge >= 0.3 is 47.8 Å². The molecule has 0 aliphatic carbocycles. The lowest BCUT2D eigenvalue weighted by molar-refractivity contribution is 0.0119. The molecule has 4 aromatic rings. The van der Waals surface area contributed by atoms with Crippen molar-refractivity contribution in [3.63, 3.8) is 0 Å². The first-order valence-electron chi connectivity index (χ1n) is 21.6. The molecule has 0 bridgehead atoms. The summed E-state index contributed by atoms with van der Waals surface area (Å²) in [7, 11) is 1.20. The molecule has 0 radical (unpaired) electrons. The van der Waals surface area contributed by atoms with E-state index in [2.05, 4.69) is 4.74 Å². The monoisotopic (exact) mass is 976 g/mol. The Morgan fingerprint density at radius 2 is 0.457 bits per heavy atom.